The minimum atomic E-state index is -1.65. The summed E-state index contributed by atoms with van der Waals surface area (Å²) in [6.45, 7) is -1.04. The molecule has 0 radical (unpaired) electrons. The Bertz CT molecular complexity index is 1030. The summed E-state index contributed by atoms with van der Waals surface area (Å²) in [7, 11) is 2.93. The van der Waals surface area contributed by atoms with Gasteiger partial charge in [0, 0.05) is 5.92 Å². The van der Waals surface area contributed by atoms with E-state index in [0.29, 0.717) is 11.5 Å². The average Bonchev–Trinajstić information content (AvgIpc) is 3.60. The van der Waals surface area contributed by atoms with Crippen molar-refractivity contribution in [2.24, 2.45) is 11.8 Å². The van der Waals surface area contributed by atoms with Crippen molar-refractivity contribution in [1.29, 1.82) is 0 Å². The molecule has 0 amide bonds. The number of ether oxygens (including phenoxy) is 7. The molecule has 0 bridgehead atoms. The molecule has 37 heavy (non-hydrogen) atoms. The molecular formula is C24H30O13. The lowest BCUT2D eigenvalue weighted by Crippen LogP contribution is -2.60. The Labute approximate surface area is 211 Å². The van der Waals surface area contributed by atoms with Gasteiger partial charge in [0.2, 0.25) is 6.29 Å². The molecule has 13 nitrogen and oxygen atoms in total. The molecule has 3 heterocycles. The van der Waals surface area contributed by atoms with Crippen molar-refractivity contribution in [2.75, 3.05) is 27.4 Å². The van der Waals surface area contributed by atoms with Crippen molar-refractivity contribution in [3.05, 3.63) is 36.1 Å². The number of fused-ring (bicyclic) bond motifs is 3. The molecule has 204 valence electrons. The number of benzene rings is 1. The zero-order chi connectivity index (χ0) is 26.5. The van der Waals surface area contributed by atoms with Gasteiger partial charge in [-0.1, -0.05) is 0 Å². The highest BCUT2D eigenvalue weighted by atomic mass is 16.8. The third-order valence-corrected chi connectivity index (χ3v) is 7.46. The van der Waals surface area contributed by atoms with Crippen molar-refractivity contribution >= 4 is 5.97 Å². The van der Waals surface area contributed by atoms with E-state index in [4.69, 9.17) is 33.2 Å². The number of hydrogen-bond acceptors (Lipinski definition) is 13. The molecular weight excluding hydrogens is 496 g/mol. The molecule has 1 aromatic carbocycles. The van der Waals surface area contributed by atoms with Gasteiger partial charge in [-0.3, -0.25) is 0 Å². The van der Waals surface area contributed by atoms with Gasteiger partial charge in [-0.15, -0.1) is 0 Å². The maximum Gasteiger partial charge on any atom is 0.338 e. The van der Waals surface area contributed by atoms with Crippen LogP contribution >= 0.6 is 0 Å². The number of methoxy groups -OCH3 is 2. The van der Waals surface area contributed by atoms with Crippen LogP contribution in [0.15, 0.2) is 30.5 Å². The Hall–Kier alpha value is -2.49. The van der Waals surface area contributed by atoms with Crippen LogP contribution in [0.25, 0.3) is 0 Å². The molecule has 3 fully saturated rings. The molecule has 1 saturated carbocycles. The third-order valence-electron chi connectivity index (χ3n) is 7.46. The Morgan fingerprint density at radius 2 is 1.78 bits per heavy atom. The van der Waals surface area contributed by atoms with E-state index in [-0.39, 0.29) is 5.56 Å². The van der Waals surface area contributed by atoms with Crippen LogP contribution in [0.5, 0.6) is 11.5 Å². The first kappa shape index (κ1) is 26.1. The average molecular weight is 526 g/mol. The first-order chi connectivity index (χ1) is 17.8. The smallest absolute Gasteiger partial charge is 0.338 e. The predicted octanol–water partition coefficient (Wildman–Crippen LogP) is -1.71. The van der Waals surface area contributed by atoms with Crippen LogP contribution in [0.1, 0.15) is 10.4 Å². The molecule has 4 aliphatic rings. The summed E-state index contributed by atoms with van der Waals surface area (Å²) in [4.78, 5) is 13.0. The van der Waals surface area contributed by atoms with E-state index >= 15 is 0 Å². The quantitative estimate of drug-likeness (QED) is 0.191. The second kappa shape index (κ2) is 10.0. The normalized spacial score (nSPS) is 41.8. The fourth-order valence-corrected chi connectivity index (χ4v) is 5.44. The van der Waals surface area contributed by atoms with Crippen molar-refractivity contribution in [2.45, 2.75) is 54.8 Å². The van der Waals surface area contributed by atoms with Crippen molar-refractivity contribution in [3.8, 4) is 11.5 Å². The van der Waals surface area contributed by atoms with Gasteiger partial charge in [0.1, 0.15) is 42.2 Å². The Morgan fingerprint density at radius 1 is 1.03 bits per heavy atom. The predicted molar refractivity (Wildman–Crippen MR) is 119 cm³/mol. The maximum absolute atomic E-state index is 13.0. The number of hydrogen-bond donors (Lipinski definition) is 5. The van der Waals surface area contributed by atoms with Gasteiger partial charge < -0.3 is 58.7 Å². The Morgan fingerprint density at radius 3 is 2.46 bits per heavy atom. The molecule has 3 aliphatic heterocycles. The summed E-state index contributed by atoms with van der Waals surface area (Å²) in [5.74, 6) is -1.00. The van der Waals surface area contributed by atoms with E-state index in [1.165, 1.54) is 32.6 Å². The number of esters is 1. The van der Waals surface area contributed by atoms with Crippen LogP contribution in [0.3, 0.4) is 0 Å². The molecule has 5 rings (SSSR count). The van der Waals surface area contributed by atoms with Gasteiger partial charge in [-0.05, 0) is 24.3 Å². The largest absolute Gasteiger partial charge is 0.493 e. The van der Waals surface area contributed by atoms with E-state index in [0.717, 1.165) is 0 Å². The highest BCUT2D eigenvalue weighted by Gasteiger charge is 2.77. The SMILES string of the molecule is COc1ccc(C(=O)O[C@H]2[C@@H]3C=CO[C@H](O[C@H]4O[C@@H](CO)[C@@H](O)[C@@H](O)[C@H]4O)[C@@H]3[C@@]3(CO)O[C@H]23)cc1OC. The lowest BCUT2D eigenvalue weighted by Gasteiger charge is -2.43. The monoisotopic (exact) mass is 526 g/mol. The number of carbonyl (C=O) groups is 1. The van der Waals surface area contributed by atoms with E-state index in [1.807, 2.05) is 0 Å². The minimum absolute atomic E-state index is 0.224. The van der Waals surface area contributed by atoms with Crippen molar-refractivity contribution in [1.82, 2.24) is 0 Å². The fraction of sp³-hybridized carbons (Fsp3) is 0.625. The molecule has 2 saturated heterocycles. The first-order valence-corrected chi connectivity index (χ1v) is 11.8. The van der Waals surface area contributed by atoms with Crippen LogP contribution in [0, 0.1) is 11.8 Å². The lowest BCUT2D eigenvalue weighted by atomic mass is 9.85. The number of rotatable bonds is 8. The molecule has 1 aromatic rings. The second-order valence-corrected chi connectivity index (χ2v) is 9.36. The Balaban J connectivity index is 1.34. The molecule has 13 heteroatoms. The fourth-order valence-electron chi connectivity index (χ4n) is 5.44. The minimum Gasteiger partial charge on any atom is -0.493 e. The first-order valence-electron chi connectivity index (χ1n) is 11.8. The van der Waals surface area contributed by atoms with Gasteiger partial charge in [-0.25, -0.2) is 4.79 Å². The second-order valence-electron chi connectivity index (χ2n) is 9.36. The maximum atomic E-state index is 13.0. The van der Waals surface area contributed by atoms with E-state index < -0.39 is 85.8 Å². The Kier molecular flexibility index (Phi) is 7.06. The standard InChI is InChI=1S/C24H30O13/c1-31-12-4-3-10(7-13(12)32-2)21(30)35-19-11-5-6-33-22(15(11)24(9-26)20(19)37-24)36-23-18(29)17(28)16(27)14(8-25)34-23/h3-7,11,14-20,22-23,25-29H,8-9H2,1-2H3/t11-,14+,15-,16-,17-,18-,19+,20-,22-,23-,24-/m1/s1. The van der Waals surface area contributed by atoms with Gasteiger partial charge in [0.05, 0.1) is 45.2 Å². The molecule has 0 unspecified atom stereocenters. The van der Waals surface area contributed by atoms with Crippen LogP contribution < -0.4 is 9.47 Å². The molecule has 5 N–H and O–H groups in total. The third kappa shape index (κ3) is 4.25. The summed E-state index contributed by atoms with van der Waals surface area (Å²) < 4.78 is 39.0. The van der Waals surface area contributed by atoms with Crippen molar-refractivity contribution < 1.29 is 63.5 Å². The summed E-state index contributed by atoms with van der Waals surface area (Å²) in [5, 5.41) is 50.2. The summed E-state index contributed by atoms with van der Waals surface area (Å²) in [5.41, 5.74) is -0.918. The van der Waals surface area contributed by atoms with Gasteiger partial charge in [0.15, 0.2) is 17.8 Å². The summed E-state index contributed by atoms with van der Waals surface area (Å²) in [6.07, 6.45) is -7.02. The van der Waals surface area contributed by atoms with Crippen molar-refractivity contribution in [3.63, 3.8) is 0 Å². The molecule has 1 aliphatic carbocycles. The zero-order valence-electron chi connectivity index (χ0n) is 20.1. The van der Waals surface area contributed by atoms with Gasteiger partial charge in [0.25, 0.3) is 0 Å². The topological polar surface area (TPSA) is 186 Å². The van der Waals surface area contributed by atoms with E-state index in [2.05, 4.69) is 0 Å². The summed E-state index contributed by atoms with van der Waals surface area (Å²) >= 11 is 0. The molecule has 0 spiro atoms. The molecule has 11 atom stereocenters. The van der Waals surface area contributed by atoms with Crippen LogP contribution in [0.4, 0.5) is 0 Å². The van der Waals surface area contributed by atoms with Crippen LogP contribution in [-0.4, -0.2) is 114 Å². The number of epoxide rings is 1. The number of aliphatic hydroxyl groups is 5. The molecule has 0 aromatic heterocycles. The number of carbonyl (C=O) groups excluding carboxylic acids is 1. The van der Waals surface area contributed by atoms with Gasteiger partial charge in [-0.2, -0.15) is 0 Å². The van der Waals surface area contributed by atoms with Crippen LogP contribution in [-0.2, 0) is 23.7 Å². The summed E-state index contributed by atoms with van der Waals surface area (Å²) in [6, 6.07) is 4.61. The van der Waals surface area contributed by atoms with Gasteiger partial charge >= 0.3 is 5.97 Å². The zero-order valence-corrected chi connectivity index (χ0v) is 20.1. The highest BCUT2D eigenvalue weighted by molar-refractivity contribution is 5.90. The van der Waals surface area contributed by atoms with Crippen LogP contribution in [0.2, 0.25) is 0 Å². The van der Waals surface area contributed by atoms with E-state index in [9.17, 15) is 30.3 Å². The highest BCUT2D eigenvalue weighted by Crippen LogP contribution is 2.60. The van der Waals surface area contributed by atoms with E-state index in [1.54, 1.807) is 12.1 Å². The number of aliphatic hydroxyl groups excluding tert-OH is 5. The lowest BCUT2D eigenvalue weighted by molar-refractivity contribution is -0.344.